The summed E-state index contributed by atoms with van der Waals surface area (Å²) in [5, 5.41) is 11.6. The second kappa shape index (κ2) is 9.57. The Hall–Kier alpha value is -2.78. The number of nitrogens with zero attached hydrogens (tertiary/aromatic N) is 2. The molecule has 1 fully saturated rings. The highest BCUT2D eigenvalue weighted by molar-refractivity contribution is 7.89. The average Bonchev–Trinajstić information content (AvgIpc) is 2.73. The molecule has 0 aliphatic carbocycles. The third-order valence-corrected chi connectivity index (χ3v) is 7.32. The van der Waals surface area contributed by atoms with Crippen LogP contribution in [0.25, 0.3) is 0 Å². The van der Waals surface area contributed by atoms with Crippen LogP contribution in [-0.2, 0) is 21.2 Å². The van der Waals surface area contributed by atoms with Gasteiger partial charge in [0, 0.05) is 25.6 Å². The zero-order valence-electron chi connectivity index (χ0n) is 17.6. The Labute approximate surface area is 182 Å². The molecule has 3 rings (SSSR count). The molecule has 31 heavy (non-hydrogen) atoms. The zero-order chi connectivity index (χ0) is 22.6. The van der Waals surface area contributed by atoms with Gasteiger partial charge in [0.05, 0.1) is 9.82 Å². The number of nitro groups is 1. The molecule has 166 valence electrons. The summed E-state index contributed by atoms with van der Waals surface area (Å²) in [4.78, 5) is 21.9. The zero-order valence-corrected chi connectivity index (χ0v) is 18.4. The van der Waals surface area contributed by atoms with Crippen molar-refractivity contribution in [3.8, 4) is 11.5 Å². The second-order valence-corrected chi connectivity index (χ2v) is 9.86. The molecule has 0 saturated carbocycles. The summed E-state index contributed by atoms with van der Waals surface area (Å²) < 4.78 is 32.9. The molecule has 2 aromatic carbocycles. The lowest BCUT2D eigenvalue weighted by Crippen LogP contribution is -2.37. The first-order valence-electron chi connectivity index (χ1n) is 10.2. The number of sulfonamides is 1. The van der Waals surface area contributed by atoms with Crippen LogP contribution in [0.4, 0.5) is 5.69 Å². The number of ether oxygens (including phenoxy) is 1. The molecule has 0 spiro atoms. The van der Waals surface area contributed by atoms with Crippen LogP contribution in [-0.4, -0.2) is 36.5 Å². The summed E-state index contributed by atoms with van der Waals surface area (Å²) >= 11 is 0. The molecule has 0 unspecified atom stereocenters. The van der Waals surface area contributed by atoms with Gasteiger partial charge in [-0.15, -0.1) is 0 Å². The van der Waals surface area contributed by atoms with Crippen molar-refractivity contribution in [3.05, 3.63) is 58.1 Å². The maximum absolute atomic E-state index is 12.9. The summed E-state index contributed by atoms with van der Waals surface area (Å²) in [5.41, 5.74) is 0.543. The fourth-order valence-corrected chi connectivity index (χ4v) is 4.92. The predicted octanol–water partition coefficient (Wildman–Crippen LogP) is 4.33. The minimum absolute atomic E-state index is 0.0345. The smallest absolute Gasteiger partial charge is 0.312 e. The number of aryl methyl sites for hydroxylation is 1. The number of Topliss-reactive ketones (excluding diaryl/α,β-unsaturated/α-hetero) is 1. The first-order chi connectivity index (χ1) is 14.7. The predicted molar refractivity (Wildman–Crippen MR) is 116 cm³/mol. The number of hydrogen-bond acceptors (Lipinski definition) is 6. The molecule has 0 amide bonds. The van der Waals surface area contributed by atoms with Crippen LogP contribution in [0.5, 0.6) is 11.5 Å². The minimum Gasteiger partial charge on any atom is -0.450 e. The van der Waals surface area contributed by atoms with E-state index in [1.54, 1.807) is 24.3 Å². The van der Waals surface area contributed by atoms with E-state index < -0.39 is 20.6 Å². The van der Waals surface area contributed by atoms with Crippen LogP contribution in [0.1, 0.15) is 38.7 Å². The Morgan fingerprint density at radius 2 is 1.81 bits per heavy atom. The minimum atomic E-state index is -3.80. The Balaban J connectivity index is 1.81. The second-order valence-electron chi connectivity index (χ2n) is 7.92. The lowest BCUT2D eigenvalue weighted by Gasteiger charge is -2.29. The third kappa shape index (κ3) is 5.68. The van der Waals surface area contributed by atoms with E-state index in [1.165, 1.54) is 23.4 Å². The first-order valence-corrected chi connectivity index (χ1v) is 11.7. The SMILES string of the molecule is CC(=O)CCc1ccc(Oc2ccc(S(=O)(=O)N3CCC(C)CC3)cc2[N+](=O)[O-])cc1. The van der Waals surface area contributed by atoms with Gasteiger partial charge in [0.1, 0.15) is 11.5 Å². The van der Waals surface area contributed by atoms with Gasteiger partial charge in [0.25, 0.3) is 0 Å². The molecule has 0 bridgehead atoms. The molecule has 8 nitrogen and oxygen atoms in total. The molecule has 2 aromatic rings. The fourth-order valence-electron chi connectivity index (χ4n) is 3.43. The standard InChI is InChI=1S/C22H26N2O6S/c1-16-11-13-23(14-12-16)31(28,29)20-9-10-22(21(15-20)24(26)27)30-19-7-5-18(6-8-19)4-3-17(2)25/h5-10,15-16H,3-4,11-14H2,1-2H3. The van der Waals surface area contributed by atoms with Crippen molar-refractivity contribution >= 4 is 21.5 Å². The van der Waals surface area contributed by atoms with E-state index in [4.69, 9.17) is 4.74 Å². The molecule has 1 heterocycles. The number of ketones is 1. The highest BCUT2D eigenvalue weighted by atomic mass is 32.2. The van der Waals surface area contributed by atoms with E-state index in [2.05, 4.69) is 6.92 Å². The number of piperidine rings is 1. The van der Waals surface area contributed by atoms with E-state index in [0.717, 1.165) is 24.5 Å². The Morgan fingerprint density at radius 3 is 2.39 bits per heavy atom. The van der Waals surface area contributed by atoms with Crippen molar-refractivity contribution in [1.82, 2.24) is 4.31 Å². The Morgan fingerprint density at radius 1 is 1.16 bits per heavy atom. The Kier molecular flexibility index (Phi) is 7.07. The molecule has 1 saturated heterocycles. The molecule has 9 heteroatoms. The Bertz CT molecular complexity index is 1060. The summed E-state index contributed by atoms with van der Waals surface area (Å²) in [6, 6.07) is 10.6. The largest absolute Gasteiger partial charge is 0.450 e. The highest BCUT2D eigenvalue weighted by Gasteiger charge is 2.30. The lowest BCUT2D eigenvalue weighted by atomic mass is 10.0. The van der Waals surface area contributed by atoms with E-state index in [9.17, 15) is 23.3 Å². The molecule has 0 radical (unpaired) electrons. The van der Waals surface area contributed by atoms with Gasteiger partial charge in [0.15, 0.2) is 0 Å². The molecule has 0 aromatic heterocycles. The van der Waals surface area contributed by atoms with Crippen LogP contribution in [0.2, 0.25) is 0 Å². The van der Waals surface area contributed by atoms with Crippen LogP contribution >= 0.6 is 0 Å². The van der Waals surface area contributed by atoms with Gasteiger partial charge in [-0.05, 0) is 61.9 Å². The summed E-state index contributed by atoms with van der Waals surface area (Å²) in [5.74, 6) is 0.915. The molecule has 1 aliphatic heterocycles. The monoisotopic (exact) mass is 446 g/mol. The van der Waals surface area contributed by atoms with Gasteiger partial charge in [0.2, 0.25) is 15.8 Å². The van der Waals surface area contributed by atoms with Crippen LogP contribution < -0.4 is 4.74 Å². The first kappa shape index (κ1) is 22.9. The number of carbonyl (C=O) groups excluding carboxylic acids is 1. The van der Waals surface area contributed by atoms with Crippen LogP contribution in [0.15, 0.2) is 47.4 Å². The summed E-state index contributed by atoms with van der Waals surface area (Å²) in [7, 11) is -3.80. The van der Waals surface area contributed by atoms with Crippen LogP contribution in [0, 0.1) is 16.0 Å². The maximum Gasteiger partial charge on any atom is 0.312 e. The summed E-state index contributed by atoms with van der Waals surface area (Å²) in [6.07, 6.45) is 2.59. The van der Waals surface area contributed by atoms with Crippen LogP contribution in [0.3, 0.4) is 0 Å². The van der Waals surface area contributed by atoms with Gasteiger partial charge in [-0.2, -0.15) is 4.31 Å². The molecular formula is C22H26N2O6S. The fraction of sp³-hybridized carbons (Fsp3) is 0.409. The lowest BCUT2D eigenvalue weighted by molar-refractivity contribution is -0.385. The van der Waals surface area contributed by atoms with Gasteiger partial charge >= 0.3 is 5.69 Å². The van der Waals surface area contributed by atoms with Crippen molar-refractivity contribution in [2.45, 2.75) is 44.4 Å². The van der Waals surface area contributed by atoms with Gasteiger partial charge in [-0.3, -0.25) is 10.1 Å². The molecule has 0 atom stereocenters. The summed E-state index contributed by atoms with van der Waals surface area (Å²) in [6.45, 7) is 4.43. The van der Waals surface area contributed by atoms with Crippen molar-refractivity contribution in [3.63, 3.8) is 0 Å². The average molecular weight is 447 g/mol. The van der Waals surface area contributed by atoms with E-state index in [0.29, 0.717) is 37.6 Å². The molecule has 0 N–H and O–H groups in total. The number of rotatable bonds is 8. The third-order valence-electron chi connectivity index (χ3n) is 5.42. The molecular weight excluding hydrogens is 420 g/mol. The van der Waals surface area contributed by atoms with Crippen molar-refractivity contribution in [2.24, 2.45) is 5.92 Å². The van der Waals surface area contributed by atoms with Gasteiger partial charge in [-0.25, -0.2) is 8.42 Å². The van der Waals surface area contributed by atoms with Gasteiger partial charge in [-0.1, -0.05) is 19.1 Å². The number of nitro benzene ring substituents is 1. The van der Waals surface area contributed by atoms with E-state index in [1.807, 2.05) is 0 Å². The van der Waals surface area contributed by atoms with Crippen molar-refractivity contribution in [1.29, 1.82) is 0 Å². The number of benzene rings is 2. The van der Waals surface area contributed by atoms with Crippen molar-refractivity contribution in [2.75, 3.05) is 13.1 Å². The number of carbonyl (C=O) groups is 1. The normalized spacial score (nSPS) is 15.5. The van der Waals surface area contributed by atoms with Crippen molar-refractivity contribution < 1.29 is 22.9 Å². The number of hydrogen-bond donors (Lipinski definition) is 0. The van der Waals surface area contributed by atoms with E-state index >= 15 is 0 Å². The highest BCUT2D eigenvalue weighted by Crippen LogP contribution is 2.35. The molecule has 1 aliphatic rings. The van der Waals surface area contributed by atoms with E-state index in [-0.39, 0.29) is 16.4 Å². The quantitative estimate of drug-likeness (QED) is 0.441. The topological polar surface area (TPSA) is 107 Å². The van der Waals surface area contributed by atoms with Gasteiger partial charge < -0.3 is 9.53 Å². The maximum atomic E-state index is 12.9.